The maximum Gasteiger partial charge on any atom is 0.419 e. The van der Waals surface area contributed by atoms with E-state index in [-0.39, 0.29) is 11.5 Å². The van der Waals surface area contributed by atoms with Crippen molar-refractivity contribution >= 4 is 0 Å². The predicted octanol–water partition coefficient (Wildman–Crippen LogP) is 10.4. The number of benzene rings is 3. The first-order valence-electron chi connectivity index (χ1n) is 12.4. The van der Waals surface area contributed by atoms with Crippen LogP contribution in [0.2, 0.25) is 0 Å². The molecular formula is C30H29F9O2. The van der Waals surface area contributed by atoms with E-state index in [1.165, 1.54) is 6.07 Å². The summed E-state index contributed by atoms with van der Waals surface area (Å²) in [5, 5.41) is 0. The largest absolute Gasteiger partial charge is 0.488 e. The molecule has 0 unspecified atom stereocenters. The van der Waals surface area contributed by atoms with Crippen molar-refractivity contribution in [1.82, 2.24) is 0 Å². The molecule has 0 saturated carbocycles. The van der Waals surface area contributed by atoms with E-state index in [2.05, 4.69) is 0 Å². The highest BCUT2D eigenvalue weighted by Gasteiger charge is 2.72. The number of alkyl halides is 9. The molecule has 0 spiro atoms. The van der Waals surface area contributed by atoms with Crippen LogP contribution in [0.5, 0.6) is 17.2 Å². The Morgan fingerprint density at radius 3 is 1.29 bits per heavy atom. The summed E-state index contributed by atoms with van der Waals surface area (Å²) in [5.74, 6) is -0.941. The quantitative estimate of drug-likeness (QED) is 0.275. The van der Waals surface area contributed by atoms with Gasteiger partial charge in [-0.05, 0) is 79.3 Å². The van der Waals surface area contributed by atoms with Gasteiger partial charge in [0.1, 0.15) is 22.8 Å². The monoisotopic (exact) mass is 592 g/mol. The van der Waals surface area contributed by atoms with Crippen LogP contribution in [0, 0.1) is 0 Å². The minimum Gasteiger partial charge on any atom is -0.488 e. The van der Waals surface area contributed by atoms with Gasteiger partial charge in [0, 0.05) is 0 Å². The van der Waals surface area contributed by atoms with Gasteiger partial charge in [-0.25, -0.2) is 0 Å². The molecule has 0 bridgehead atoms. The van der Waals surface area contributed by atoms with Crippen LogP contribution in [0.25, 0.3) is 0 Å². The van der Waals surface area contributed by atoms with E-state index < -0.39 is 57.4 Å². The lowest BCUT2D eigenvalue weighted by molar-refractivity contribution is -0.288. The summed E-state index contributed by atoms with van der Waals surface area (Å²) in [7, 11) is 0. The average molecular weight is 593 g/mol. The van der Waals surface area contributed by atoms with Gasteiger partial charge < -0.3 is 9.47 Å². The van der Waals surface area contributed by atoms with Crippen LogP contribution in [0.1, 0.15) is 63.8 Å². The van der Waals surface area contributed by atoms with E-state index in [0.717, 1.165) is 36.4 Å². The van der Waals surface area contributed by atoms with Gasteiger partial charge in [-0.3, -0.25) is 0 Å². The smallest absolute Gasteiger partial charge is 0.419 e. The molecule has 0 saturated heterocycles. The summed E-state index contributed by atoms with van der Waals surface area (Å²) in [5.41, 5.74) is -8.73. The van der Waals surface area contributed by atoms with Gasteiger partial charge in [0.25, 0.3) is 0 Å². The van der Waals surface area contributed by atoms with Crippen molar-refractivity contribution in [3.63, 3.8) is 0 Å². The molecule has 11 heteroatoms. The topological polar surface area (TPSA) is 18.5 Å². The molecule has 41 heavy (non-hydrogen) atoms. The second-order valence-electron chi connectivity index (χ2n) is 11.6. The summed E-state index contributed by atoms with van der Waals surface area (Å²) in [6.07, 6.45) is -16.5. The third kappa shape index (κ3) is 6.76. The molecular weight excluding hydrogens is 563 g/mol. The lowest BCUT2D eigenvalue weighted by Gasteiger charge is -2.38. The fourth-order valence-corrected chi connectivity index (χ4v) is 4.32. The third-order valence-corrected chi connectivity index (χ3v) is 6.23. The Bertz CT molecular complexity index is 1320. The number of hydrogen-bond donors (Lipinski definition) is 0. The average Bonchev–Trinajstić information content (AvgIpc) is 2.77. The van der Waals surface area contributed by atoms with Gasteiger partial charge in [-0.1, -0.05) is 51.1 Å². The van der Waals surface area contributed by atoms with Crippen LogP contribution in [-0.2, 0) is 17.0 Å². The van der Waals surface area contributed by atoms with E-state index in [4.69, 9.17) is 9.47 Å². The van der Waals surface area contributed by atoms with Gasteiger partial charge in [0.05, 0.1) is 5.56 Å². The van der Waals surface area contributed by atoms with E-state index in [1.807, 2.05) is 0 Å². The molecule has 224 valence electrons. The Labute approximate surface area is 232 Å². The van der Waals surface area contributed by atoms with Crippen LogP contribution < -0.4 is 9.47 Å². The van der Waals surface area contributed by atoms with Crippen molar-refractivity contribution in [1.29, 1.82) is 0 Å². The summed E-state index contributed by atoms with van der Waals surface area (Å²) in [4.78, 5) is 0. The summed E-state index contributed by atoms with van der Waals surface area (Å²) in [6.45, 7) is 10.3. The van der Waals surface area contributed by atoms with Gasteiger partial charge in [-0.15, -0.1) is 0 Å². The highest BCUT2D eigenvalue weighted by atomic mass is 19.4. The maximum atomic E-state index is 14.5. The zero-order chi connectivity index (χ0) is 31.2. The van der Waals surface area contributed by atoms with Crippen LogP contribution in [0.4, 0.5) is 39.5 Å². The molecule has 0 radical (unpaired) electrons. The van der Waals surface area contributed by atoms with Gasteiger partial charge >= 0.3 is 18.5 Å². The fraction of sp³-hybridized carbons (Fsp3) is 0.400. The summed E-state index contributed by atoms with van der Waals surface area (Å²) in [6, 6.07) is 9.33. The molecule has 3 aromatic carbocycles. The number of rotatable bonds is 5. The van der Waals surface area contributed by atoms with Crippen molar-refractivity contribution in [2.45, 2.75) is 76.5 Å². The zero-order valence-corrected chi connectivity index (χ0v) is 23.1. The molecule has 0 N–H and O–H groups in total. The predicted molar refractivity (Wildman–Crippen MR) is 136 cm³/mol. The highest BCUT2D eigenvalue weighted by molar-refractivity contribution is 5.49. The van der Waals surface area contributed by atoms with E-state index >= 15 is 0 Å². The normalized spacial score (nSPS) is 13.7. The third-order valence-electron chi connectivity index (χ3n) is 6.23. The molecule has 3 rings (SSSR count). The summed E-state index contributed by atoms with van der Waals surface area (Å²) >= 11 is 0. The molecule has 0 aliphatic rings. The number of ether oxygens (including phenoxy) is 2. The molecule has 0 aliphatic heterocycles. The van der Waals surface area contributed by atoms with Gasteiger partial charge in [0.2, 0.25) is 5.41 Å². The number of halogens is 9. The Morgan fingerprint density at radius 1 is 0.512 bits per heavy atom. The van der Waals surface area contributed by atoms with E-state index in [0.29, 0.717) is 29.8 Å². The number of hydrogen-bond acceptors (Lipinski definition) is 2. The Hall–Kier alpha value is -3.37. The molecule has 3 aromatic rings. The second-order valence-corrected chi connectivity index (χ2v) is 11.6. The zero-order valence-electron chi connectivity index (χ0n) is 23.1. The second kappa shape index (κ2) is 10.5. The molecule has 0 fully saturated rings. The molecule has 0 aliphatic carbocycles. The first-order valence-corrected chi connectivity index (χ1v) is 12.4. The fourth-order valence-electron chi connectivity index (χ4n) is 4.32. The minimum absolute atomic E-state index is 0.0706. The Kier molecular flexibility index (Phi) is 8.21. The van der Waals surface area contributed by atoms with E-state index in [9.17, 15) is 39.5 Å². The van der Waals surface area contributed by atoms with Crippen LogP contribution >= 0.6 is 0 Å². The molecule has 0 aromatic heterocycles. The van der Waals surface area contributed by atoms with Crippen LogP contribution in [0.3, 0.4) is 0 Å². The minimum atomic E-state index is -5.84. The first kappa shape index (κ1) is 32.1. The lowest BCUT2D eigenvalue weighted by Crippen LogP contribution is -2.54. The van der Waals surface area contributed by atoms with Crippen molar-refractivity contribution in [2.75, 3.05) is 0 Å². The standard InChI is InChI=1S/C30H29F9O2/c1-25(2,3)20-11-16-23(28(31,32)33)24(17-20)40-21-12-7-18(8-13-21)27(29(34,35)36,30(37,38)39)19-9-14-22(15-10-19)41-26(4,5)6/h7-17H,1-6H3. The Balaban J connectivity index is 2.13. The van der Waals surface area contributed by atoms with Crippen molar-refractivity contribution < 1.29 is 49.0 Å². The molecule has 0 atom stereocenters. The van der Waals surface area contributed by atoms with Crippen LogP contribution in [0.15, 0.2) is 66.7 Å². The highest BCUT2D eigenvalue weighted by Crippen LogP contribution is 2.56. The lowest BCUT2D eigenvalue weighted by atomic mass is 9.73. The van der Waals surface area contributed by atoms with Gasteiger partial charge in [-0.2, -0.15) is 39.5 Å². The van der Waals surface area contributed by atoms with Crippen molar-refractivity contribution in [3.05, 3.63) is 89.0 Å². The van der Waals surface area contributed by atoms with Crippen LogP contribution in [-0.4, -0.2) is 18.0 Å². The first-order chi connectivity index (χ1) is 18.5. The molecule has 2 nitrogen and oxygen atoms in total. The Morgan fingerprint density at radius 2 is 0.927 bits per heavy atom. The van der Waals surface area contributed by atoms with E-state index in [1.54, 1.807) is 41.5 Å². The van der Waals surface area contributed by atoms with Crippen molar-refractivity contribution in [3.8, 4) is 17.2 Å². The molecule has 0 heterocycles. The maximum absolute atomic E-state index is 14.5. The van der Waals surface area contributed by atoms with Crippen molar-refractivity contribution in [2.24, 2.45) is 0 Å². The molecule has 0 amide bonds. The summed E-state index contributed by atoms with van der Waals surface area (Å²) < 4.78 is 139. The SMILES string of the molecule is CC(C)(C)Oc1ccc(C(c2ccc(Oc3cc(C(C)(C)C)ccc3C(F)(F)F)cc2)(C(F)(F)F)C(F)(F)F)cc1. The van der Waals surface area contributed by atoms with Gasteiger partial charge in [0.15, 0.2) is 0 Å².